The van der Waals surface area contributed by atoms with Gasteiger partial charge in [0.15, 0.2) is 0 Å². The van der Waals surface area contributed by atoms with Gasteiger partial charge in [0.05, 0.1) is 0 Å². The predicted octanol–water partition coefficient (Wildman–Crippen LogP) is 1.77. The van der Waals surface area contributed by atoms with Gasteiger partial charge in [-0.3, -0.25) is 0 Å². The van der Waals surface area contributed by atoms with E-state index in [4.69, 9.17) is 5.73 Å². The van der Waals surface area contributed by atoms with Gasteiger partial charge in [0.25, 0.3) is 0 Å². The molecule has 2 N–H and O–H groups in total. The van der Waals surface area contributed by atoms with E-state index in [-0.39, 0.29) is 0 Å². The third-order valence-electron chi connectivity index (χ3n) is 1.47. The first kappa shape index (κ1) is 7.96. The van der Waals surface area contributed by atoms with Crippen LogP contribution in [0.2, 0.25) is 0 Å². The minimum Gasteiger partial charge on any atom is -0.328 e. The first-order valence-electron chi connectivity index (χ1n) is 3.42. The summed E-state index contributed by atoms with van der Waals surface area (Å²) < 4.78 is 0. The van der Waals surface area contributed by atoms with Gasteiger partial charge in [0, 0.05) is 6.04 Å². The van der Waals surface area contributed by atoms with Crippen LogP contribution in [0.15, 0.2) is 0 Å². The van der Waals surface area contributed by atoms with Crippen molar-refractivity contribution in [1.82, 2.24) is 0 Å². The van der Waals surface area contributed by atoms with E-state index in [1.807, 2.05) is 0 Å². The minimum atomic E-state index is 0.380. The number of hydrogen-bond acceptors (Lipinski definition) is 1. The van der Waals surface area contributed by atoms with Crippen molar-refractivity contribution in [3.05, 3.63) is 0 Å². The van der Waals surface area contributed by atoms with E-state index < -0.39 is 0 Å². The second-order valence-electron chi connectivity index (χ2n) is 2.73. The predicted molar refractivity (Wildman–Crippen MR) is 37.7 cm³/mol. The molecule has 0 saturated carbocycles. The molecule has 0 spiro atoms. The molecular weight excluding hydrogens is 98.1 g/mol. The van der Waals surface area contributed by atoms with Crippen LogP contribution >= 0.6 is 0 Å². The van der Waals surface area contributed by atoms with Crippen molar-refractivity contribution in [3.63, 3.8) is 0 Å². The van der Waals surface area contributed by atoms with Crippen LogP contribution in [-0.4, -0.2) is 6.04 Å². The summed E-state index contributed by atoms with van der Waals surface area (Å²) in [6.07, 6.45) is 2.41. The first-order chi connectivity index (χ1) is 3.66. The SMILES string of the molecule is CCC(C)C[C@H](C)N. The van der Waals surface area contributed by atoms with Gasteiger partial charge in [-0.2, -0.15) is 0 Å². The molecule has 0 aliphatic heterocycles. The molecule has 0 rings (SSSR count). The van der Waals surface area contributed by atoms with Crippen LogP contribution in [-0.2, 0) is 0 Å². The highest BCUT2D eigenvalue weighted by Gasteiger charge is 2.00. The molecule has 0 bridgehead atoms. The van der Waals surface area contributed by atoms with Gasteiger partial charge in [-0.05, 0) is 19.3 Å². The van der Waals surface area contributed by atoms with Crippen LogP contribution in [0.5, 0.6) is 0 Å². The van der Waals surface area contributed by atoms with E-state index in [2.05, 4.69) is 20.8 Å². The number of nitrogens with two attached hydrogens (primary N) is 1. The van der Waals surface area contributed by atoms with Gasteiger partial charge in [0.2, 0.25) is 0 Å². The van der Waals surface area contributed by atoms with Crippen molar-refractivity contribution in [2.75, 3.05) is 0 Å². The highest BCUT2D eigenvalue weighted by Crippen LogP contribution is 2.07. The molecule has 8 heavy (non-hydrogen) atoms. The van der Waals surface area contributed by atoms with Crippen LogP contribution in [0.3, 0.4) is 0 Å². The summed E-state index contributed by atoms with van der Waals surface area (Å²) in [5.41, 5.74) is 5.57. The van der Waals surface area contributed by atoms with Crippen LogP contribution in [0.1, 0.15) is 33.6 Å². The molecule has 0 amide bonds. The monoisotopic (exact) mass is 115 g/mol. The minimum absolute atomic E-state index is 0.380. The van der Waals surface area contributed by atoms with Crippen LogP contribution < -0.4 is 5.73 Å². The second-order valence-corrected chi connectivity index (χ2v) is 2.73. The maximum absolute atomic E-state index is 5.57. The lowest BCUT2D eigenvalue weighted by atomic mass is 10.0. The fraction of sp³-hybridized carbons (Fsp3) is 1.00. The molecule has 0 aromatic rings. The average Bonchev–Trinajstić information content (AvgIpc) is 1.65. The molecule has 2 atom stereocenters. The van der Waals surface area contributed by atoms with Crippen molar-refractivity contribution < 1.29 is 0 Å². The quantitative estimate of drug-likeness (QED) is 0.596. The lowest BCUT2D eigenvalue weighted by molar-refractivity contribution is 0.469. The van der Waals surface area contributed by atoms with Crippen molar-refractivity contribution >= 4 is 0 Å². The molecule has 0 aromatic heterocycles. The first-order valence-corrected chi connectivity index (χ1v) is 3.42. The second kappa shape index (κ2) is 3.90. The third kappa shape index (κ3) is 4.13. The summed E-state index contributed by atoms with van der Waals surface area (Å²) in [6.45, 7) is 6.50. The fourth-order valence-electron chi connectivity index (χ4n) is 0.801. The van der Waals surface area contributed by atoms with Gasteiger partial charge in [-0.15, -0.1) is 0 Å². The Morgan fingerprint density at radius 1 is 1.38 bits per heavy atom. The molecule has 50 valence electrons. The summed E-state index contributed by atoms with van der Waals surface area (Å²) >= 11 is 0. The highest BCUT2D eigenvalue weighted by atomic mass is 14.6. The van der Waals surface area contributed by atoms with E-state index in [0.29, 0.717) is 6.04 Å². The number of hydrogen-bond donors (Lipinski definition) is 1. The molecular formula is C7H17N. The molecule has 1 heteroatoms. The van der Waals surface area contributed by atoms with Crippen molar-refractivity contribution in [2.45, 2.75) is 39.7 Å². The van der Waals surface area contributed by atoms with Gasteiger partial charge in [-0.1, -0.05) is 20.3 Å². The molecule has 1 unspecified atom stereocenters. The zero-order valence-electron chi connectivity index (χ0n) is 6.15. The standard InChI is InChI=1S/C7H17N/c1-4-6(2)5-7(3)8/h6-7H,4-5,8H2,1-3H3/t6?,7-/m0/s1. The summed E-state index contributed by atoms with van der Waals surface area (Å²) in [4.78, 5) is 0. The van der Waals surface area contributed by atoms with Gasteiger partial charge < -0.3 is 5.73 Å². The van der Waals surface area contributed by atoms with E-state index in [1.165, 1.54) is 6.42 Å². The maximum atomic E-state index is 5.57. The largest absolute Gasteiger partial charge is 0.328 e. The molecule has 1 nitrogen and oxygen atoms in total. The Balaban J connectivity index is 3.10. The zero-order chi connectivity index (χ0) is 6.57. The van der Waals surface area contributed by atoms with Crippen molar-refractivity contribution in [1.29, 1.82) is 0 Å². The van der Waals surface area contributed by atoms with E-state index >= 15 is 0 Å². The van der Waals surface area contributed by atoms with Crippen LogP contribution in [0.25, 0.3) is 0 Å². The Morgan fingerprint density at radius 3 is 2.00 bits per heavy atom. The van der Waals surface area contributed by atoms with Gasteiger partial charge in [-0.25, -0.2) is 0 Å². The Bertz CT molecular complexity index is 50.3. The maximum Gasteiger partial charge on any atom is 0.00130 e. The molecule has 0 fully saturated rings. The van der Waals surface area contributed by atoms with E-state index in [0.717, 1.165) is 12.3 Å². The van der Waals surface area contributed by atoms with E-state index in [1.54, 1.807) is 0 Å². The summed E-state index contributed by atoms with van der Waals surface area (Å²) in [6, 6.07) is 0.380. The number of rotatable bonds is 3. The molecule has 0 radical (unpaired) electrons. The van der Waals surface area contributed by atoms with Crippen LogP contribution in [0, 0.1) is 5.92 Å². The summed E-state index contributed by atoms with van der Waals surface area (Å²) in [5.74, 6) is 0.801. The van der Waals surface area contributed by atoms with E-state index in [9.17, 15) is 0 Å². The molecule has 0 saturated heterocycles. The van der Waals surface area contributed by atoms with Crippen LogP contribution in [0.4, 0.5) is 0 Å². The molecule has 0 aliphatic carbocycles. The third-order valence-corrected chi connectivity index (χ3v) is 1.47. The Morgan fingerprint density at radius 2 is 1.88 bits per heavy atom. The smallest absolute Gasteiger partial charge is 0.00130 e. The Hall–Kier alpha value is -0.0400. The summed E-state index contributed by atoms with van der Waals surface area (Å²) in [5, 5.41) is 0. The fourth-order valence-corrected chi connectivity index (χ4v) is 0.801. The highest BCUT2D eigenvalue weighted by molar-refractivity contribution is 4.57. The Labute approximate surface area is 52.3 Å². The van der Waals surface area contributed by atoms with Gasteiger partial charge in [0.1, 0.15) is 0 Å². The molecule has 0 heterocycles. The average molecular weight is 115 g/mol. The molecule has 0 aromatic carbocycles. The lowest BCUT2D eigenvalue weighted by Gasteiger charge is -2.09. The zero-order valence-corrected chi connectivity index (χ0v) is 6.15. The summed E-state index contributed by atoms with van der Waals surface area (Å²) in [7, 11) is 0. The topological polar surface area (TPSA) is 26.0 Å². The molecule has 0 aliphatic rings. The van der Waals surface area contributed by atoms with Crippen molar-refractivity contribution in [3.8, 4) is 0 Å². The lowest BCUT2D eigenvalue weighted by Crippen LogP contribution is -2.17. The normalized spacial score (nSPS) is 18.0. The van der Waals surface area contributed by atoms with Gasteiger partial charge >= 0.3 is 0 Å². The Kier molecular flexibility index (Phi) is 3.88. The van der Waals surface area contributed by atoms with Crippen molar-refractivity contribution in [2.24, 2.45) is 11.7 Å².